The number of rotatable bonds is 5. The van der Waals surface area contributed by atoms with Crippen LogP contribution in [0.25, 0.3) is 0 Å². The smallest absolute Gasteiger partial charge is 0.403 e. The molecule has 0 unspecified atom stereocenters. The number of nitrogens with zero attached hydrogens (tertiary/aromatic N) is 2. The number of nitro groups is 1. The second kappa shape index (κ2) is 8.52. The van der Waals surface area contributed by atoms with Gasteiger partial charge in [0, 0.05) is 17.5 Å². The lowest BCUT2D eigenvalue weighted by Gasteiger charge is -2.26. The highest BCUT2D eigenvalue weighted by atomic mass is 32.2. The summed E-state index contributed by atoms with van der Waals surface area (Å²) in [7, 11) is 1.04. The SMILES string of the molecule is COc1c([C@@H]2C[C@](C)(C(F)(F)F)S[C@@H]2C(=O)Nc2ccnc([N+](=O)[O-])c2)ccc(F)c1F. The highest BCUT2D eigenvalue weighted by Gasteiger charge is 2.60. The molecule has 3 rings (SSSR count). The third-order valence-corrected chi connectivity index (χ3v) is 6.82. The van der Waals surface area contributed by atoms with Gasteiger partial charge in [0.05, 0.1) is 24.1 Å². The van der Waals surface area contributed by atoms with Gasteiger partial charge in [0.25, 0.3) is 0 Å². The van der Waals surface area contributed by atoms with Gasteiger partial charge in [-0.2, -0.15) is 17.6 Å². The predicted molar refractivity (Wildman–Crippen MR) is 106 cm³/mol. The van der Waals surface area contributed by atoms with E-state index in [9.17, 15) is 36.9 Å². The minimum Gasteiger partial charge on any atom is -0.493 e. The molecule has 0 spiro atoms. The molecule has 3 atom stereocenters. The summed E-state index contributed by atoms with van der Waals surface area (Å²) in [6, 6.07) is 4.03. The number of hydrogen-bond donors (Lipinski definition) is 1. The molecular formula is C19H16F5N3O4S. The zero-order valence-corrected chi connectivity index (χ0v) is 17.4. The Labute approximate surface area is 182 Å². The highest BCUT2D eigenvalue weighted by Crippen LogP contribution is 2.59. The van der Waals surface area contributed by atoms with Gasteiger partial charge in [-0.1, -0.05) is 6.07 Å². The number of hydrogen-bond acceptors (Lipinski definition) is 6. The number of alkyl halides is 3. The van der Waals surface area contributed by atoms with E-state index in [1.165, 1.54) is 6.07 Å². The molecule has 1 aromatic carbocycles. The van der Waals surface area contributed by atoms with E-state index in [1.54, 1.807) is 0 Å². The van der Waals surface area contributed by atoms with Gasteiger partial charge in [-0.3, -0.25) is 4.79 Å². The van der Waals surface area contributed by atoms with Gasteiger partial charge in [0.15, 0.2) is 11.6 Å². The van der Waals surface area contributed by atoms with Crippen LogP contribution in [0, 0.1) is 21.7 Å². The average Bonchev–Trinajstić information content (AvgIpc) is 3.09. The molecule has 2 aromatic rings. The fourth-order valence-corrected chi connectivity index (χ4v) is 5.03. The van der Waals surface area contributed by atoms with Crippen LogP contribution >= 0.6 is 11.8 Å². The van der Waals surface area contributed by atoms with Gasteiger partial charge in [-0.05, 0) is 29.3 Å². The van der Waals surface area contributed by atoms with Crippen molar-refractivity contribution in [2.45, 2.75) is 35.4 Å². The number of carbonyl (C=O) groups is 1. The zero-order chi connectivity index (χ0) is 23.8. The lowest BCUT2D eigenvalue weighted by molar-refractivity contribution is -0.389. The van der Waals surface area contributed by atoms with Gasteiger partial charge in [-0.15, -0.1) is 11.8 Å². The van der Waals surface area contributed by atoms with Gasteiger partial charge >= 0.3 is 12.0 Å². The molecule has 1 saturated heterocycles. The second-order valence-electron chi connectivity index (χ2n) is 7.21. The van der Waals surface area contributed by atoms with Crippen molar-refractivity contribution < 1.29 is 36.4 Å². The molecule has 1 aromatic heterocycles. The molecule has 2 heterocycles. The Morgan fingerprint density at radius 1 is 1.34 bits per heavy atom. The van der Waals surface area contributed by atoms with Crippen molar-refractivity contribution >= 4 is 29.2 Å². The summed E-state index contributed by atoms with van der Waals surface area (Å²) >= 11 is 0.332. The Bertz CT molecular complexity index is 1070. The molecule has 1 fully saturated rings. The first kappa shape index (κ1) is 23.7. The number of carbonyl (C=O) groups excluding carboxylic acids is 1. The number of methoxy groups -OCH3 is 1. The molecular weight excluding hydrogens is 461 g/mol. The van der Waals surface area contributed by atoms with Crippen molar-refractivity contribution in [2.75, 3.05) is 12.4 Å². The Balaban J connectivity index is 2.01. The van der Waals surface area contributed by atoms with E-state index in [0.717, 1.165) is 38.4 Å². The first-order chi connectivity index (χ1) is 14.9. The highest BCUT2D eigenvalue weighted by molar-refractivity contribution is 8.02. The summed E-state index contributed by atoms with van der Waals surface area (Å²) in [5.41, 5.74) is -0.137. The monoisotopic (exact) mass is 477 g/mol. The summed E-state index contributed by atoms with van der Waals surface area (Å²) in [5, 5.41) is 11.8. The molecule has 0 saturated carbocycles. The molecule has 1 N–H and O–H groups in total. The normalized spacial score (nSPS) is 23.1. The molecule has 32 heavy (non-hydrogen) atoms. The number of thioether (sulfide) groups is 1. The maximum atomic E-state index is 14.2. The molecule has 0 radical (unpaired) electrons. The van der Waals surface area contributed by atoms with E-state index in [1.807, 2.05) is 0 Å². The lowest BCUT2D eigenvalue weighted by atomic mass is 9.85. The van der Waals surface area contributed by atoms with Gasteiger partial charge < -0.3 is 20.2 Å². The Morgan fingerprint density at radius 3 is 2.62 bits per heavy atom. The van der Waals surface area contributed by atoms with Crippen LogP contribution in [-0.2, 0) is 4.79 Å². The van der Waals surface area contributed by atoms with Crippen LogP contribution in [0.2, 0.25) is 0 Å². The first-order valence-corrected chi connectivity index (χ1v) is 9.93. The van der Waals surface area contributed by atoms with E-state index in [-0.39, 0.29) is 11.3 Å². The number of benzene rings is 1. The Hall–Kier alpha value is -2.96. The maximum Gasteiger partial charge on any atom is 0.403 e. The van der Waals surface area contributed by atoms with Crippen LogP contribution in [0.15, 0.2) is 30.5 Å². The van der Waals surface area contributed by atoms with Crippen molar-refractivity contribution in [1.82, 2.24) is 4.98 Å². The van der Waals surface area contributed by atoms with Gasteiger partial charge in [-0.25, -0.2) is 4.39 Å². The fraction of sp³-hybridized carbons (Fsp3) is 0.368. The quantitative estimate of drug-likeness (QED) is 0.377. The van der Waals surface area contributed by atoms with E-state index in [4.69, 9.17) is 4.74 Å². The summed E-state index contributed by atoms with van der Waals surface area (Å²) in [5.74, 6) is -5.85. The van der Waals surface area contributed by atoms with Crippen LogP contribution in [0.3, 0.4) is 0 Å². The van der Waals surface area contributed by atoms with Crippen LogP contribution < -0.4 is 10.1 Å². The Morgan fingerprint density at radius 2 is 2.03 bits per heavy atom. The Kier molecular flexibility index (Phi) is 6.31. The van der Waals surface area contributed by atoms with E-state index >= 15 is 0 Å². The van der Waals surface area contributed by atoms with Crippen LogP contribution in [0.4, 0.5) is 33.5 Å². The maximum absolute atomic E-state index is 14.2. The third-order valence-electron chi connectivity index (χ3n) is 5.10. The molecule has 13 heteroatoms. The number of halogens is 5. The van der Waals surface area contributed by atoms with E-state index in [0.29, 0.717) is 11.8 Å². The minimum absolute atomic E-state index is 0.0473. The number of aromatic nitrogens is 1. The first-order valence-electron chi connectivity index (χ1n) is 9.05. The fourth-order valence-electron chi connectivity index (χ4n) is 3.48. The topological polar surface area (TPSA) is 94.4 Å². The van der Waals surface area contributed by atoms with Crippen molar-refractivity contribution in [1.29, 1.82) is 0 Å². The average molecular weight is 477 g/mol. The summed E-state index contributed by atoms with van der Waals surface area (Å²) in [6.45, 7) is 0.918. The van der Waals surface area contributed by atoms with E-state index in [2.05, 4.69) is 10.3 Å². The second-order valence-corrected chi connectivity index (χ2v) is 8.86. The molecule has 0 aliphatic carbocycles. The van der Waals surface area contributed by atoms with Crippen molar-refractivity contribution in [2.24, 2.45) is 0 Å². The van der Waals surface area contributed by atoms with Crippen LogP contribution in [0.1, 0.15) is 24.8 Å². The summed E-state index contributed by atoms with van der Waals surface area (Å²) in [6.07, 6.45) is -4.24. The van der Waals surface area contributed by atoms with Gasteiger partial charge in [0.1, 0.15) is 10.9 Å². The standard InChI is InChI=1S/C19H16F5N3O4S/c1-18(19(22,23)24)8-11(10-3-4-12(20)14(21)15(10)31-2)16(32-18)17(28)26-9-5-6-25-13(7-9)27(29)30/h3-7,11,16H,8H2,1-2H3,(H,25,26,28)/t11-,16-,18+/m0/s1. The number of pyridine rings is 1. The van der Waals surface area contributed by atoms with Gasteiger partial charge in [0.2, 0.25) is 11.7 Å². The molecule has 7 nitrogen and oxygen atoms in total. The number of anilines is 1. The van der Waals surface area contributed by atoms with Crippen LogP contribution in [-0.4, -0.2) is 39.1 Å². The number of nitrogens with one attached hydrogen (secondary N) is 1. The lowest BCUT2D eigenvalue weighted by Crippen LogP contribution is -2.37. The van der Waals surface area contributed by atoms with Crippen molar-refractivity contribution in [3.05, 3.63) is 57.8 Å². The molecule has 1 aliphatic heterocycles. The molecule has 172 valence electrons. The number of ether oxygens (including phenoxy) is 1. The molecule has 1 aliphatic rings. The third kappa shape index (κ3) is 4.33. The van der Waals surface area contributed by atoms with Crippen molar-refractivity contribution in [3.63, 3.8) is 0 Å². The largest absolute Gasteiger partial charge is 0.493 e. The zero-order valence-electron chi connectivity index (χ0n) is 16.6. The van der Waals surface area contributed by atoms with Crippen LogP contribution in [0.5, 0.6) is 5.75 Å². The summed E-state index contributed by atoms with van der Waals surface area (Å²) < 4.78 is 71.7. The number of amides is 1. The molecule has 1 amide bonds. The van der Waals surface area contributed by atoms with Crippen molar-refractivity contribution in [3.8, 4) is 5.75 Å². The minimum atomic E-state index is -4.70. The predicted octanol–water partition coefficient (Wildman–Crippen LogP) is 4.83. The molecule has 0 bridgehead atoms. The summed E-state index contributed by atoms with van der Waals surface area (Å²) in [4.78, 5) is 26.5. The van der Waals surface area contributed by atoms with E-state index < -0.39 is 62.5 Å².